The van der Waals surface area contributed by atoms with E-state index in [1.807, 2.05) is 0 Å². The van der Waals surface area contributed by atoms with E-state index in [1.165, 1.54) is 43.2 Å². The first kappa shape index (κ1) is 13.1. The molecule has 0 bridgehead atoms. The lowest BCUT2D eigenvalue weighted by Gasteiger charge is -2.26. The normalized spacial score (nSPS) is 18.8. The standard InChI is InChI=1S/C14H20INO/c1-17-14-9-3-7-12-11(6-4-10-16-15)5-2-8-13(12)14/h3,7,9,11,16H,2,4-6,8,10H2,1H3. The Morgan fingerprint density at radius 3 is 3.12 bits per heavy atom. The molecule has 0 saturated heterocycles. The second-order valence-corrected chi connectivity index (χ2v) is 5.41. The predicted molar refractivity (Wildman–Crippen MR) is 79.9 cm³/mol. The summed E-state index contributed by atoms with van der Waals surface area (Å²) >= 11 is 2.22. The SMILES string of the molecule is COc1cccc2c1CCCC2CCCNI. The van der Waals surface area contributed by atoms with Crippen molar-refractivity contribution in [3.63, 3.8) is 0 Å². The van der Waals surface area contributed by atoms with Crippen molar-refractivity contribution in [3.05, 3.63) is 29.3 Å². The Hall–Kier alpha value is -0.290. The van der Waals surface area contributed by atoms with Gasteiger partial charge in [-0.2, -0.15) is 0 Å². The molecule has 17 heavy (non-hydrogen) atoms. The summed E-state index contributed by atoms with van der Waals surface area (Å²) in [5.74, 6) is 1.82. The van der Waals surface area contributed by atoms with Crippen LogP contribution in [0.1, 0.15) is 42.7 Å². The van der Waals surface area contributed by atoms with E-state index in [2.05, 4.69) is 44.6 Å². The molecule has 1 aliphatic rings. The van der Waals surface area contributed by atoms with E-state index in [-0.39, 0.29) is 0 Å². The van der Waals surface area contributed by atoms with Gasteiger partial charge in [-0.1, -0.05) is 12.1 Å². The molecule has 0 amide bonds. The van der Waals surface area contributed by atoms with Crippen LogP contribution in [0.4, 0.5) is 0 Å². The minimum absolute atomic E-state index is 0.735. The summed E-state index contributed by atoms with van der Waals surface area (Å²) in [5, 5.41) is 0. The van der Waals surface area contributed by atoms with Crippen molar-refractivity contribution in [3.8, 4) is 5.75 Å². The lowest BCUT2D eigenvalue weighted by Crippen LogP contribution is -2.12. The maximum atomic E-state index is 5.47. The number of benzene rings is 1. The minimum atomic E-state index is 0.735. The van der Waals surface area contributed by atoms with E-state index in [4.69, 9.17) is 4.74 Å². The quantitative estimate of drug-likeness (QED) is 0.497. The van der Waals surface area contributed by atoms with Crippen molar-refractivity contribution < 1.29 is 4.74 Å². The van der Waals surface area contributed by atoms with Gasteiger partial charge in [-0.15, -0.1) is 0 Å². The fourth-order valence-corrected chi connectivity index (χ4v) is 3.20. The first-order valence-corrected chi connectivity index (χ1v) is 7.44. The van der Waals surface area contributed by atoms with Gasteiger partial charge in [0.05, 0.1) is 7.11 Å². The molecule has 1 unspecified atom stereocenters. The number of hydrogen-bond acceptors (Lipinski definition) is 2. The van der Waals surface area contributed by atoms with Gasteiger partial charge in [-0.3, -0.25) is 3.53 Å². The van der Waals surface area contributed by atoms with Crippen LogP contribution in [-0.2, 0) is 6.42 Å². The molecule has 0 aliphatic heterocycles. The number of halogens is 1. The molecule has 1 aliphatic carbocycles. The molecular formula is C14H20INO. The van der Waals surface area contributed by atoms with Gasteiger partial charge in [0.2, 0.25) is 0 Å². The molecule has 0 aromatic heterocycles. The van der Waals surface area contributed by atoms with Crippen LogP contribution in [0.25, 0.3) is 0 Å². The average Bonchev–Trinajstić information content (AvgIpc) is 2.38. The van der Waals surface area contributed by atoms with Crippen LogP contribution in [0.2, 0.25) is 0 Å². The summed E-state index contributed by atoms with van der Waals surface area (Å²) in [6.45, 7) is 1.11. The largest absolute Gasteiger partial charge is 0.496 e. The second-order valence-electron chi connectivity index (χ2n) is 4.64. The smallest absolute Gasteiger partial charge is 0.122 e. The Morgan fingerprint density at radius 1 is 1.47 bits per heavy atom. The van der Waals surface area contributed by atoms with Gasteiger partial charge in [-0.25, -0.2) is 0 Å². The highest BCUT2D eigenvalue weighted by Crippen LogP contribution is 2.38. The Morgan fingerprint density at radius 2 is 2.35 bits per heavy atom. The highest BCUT2D eigenvalue weighted by atomic mass is 127. The fraction of sp³-hybridized carbons (Fsp3) is 0.571. The molecule has 0 heterocycles. The summed E-state index contributed by atoms with van der Waals surface area (Å²) in [4.78, 5) is 0. The van der Waals surface area contributed by atoms with Crippen LogP contribution in [0, 0.1) is 0 Å². The van der Waals surface area contributed by atoms with Crippen LogP contribution < -0.4 is 8.27 Å². The van der Waals surface area contributed by atoms with Crippen LogP contribution in [0.5, 0.6) is 5.75 Å². The molecule has 1 aromatic carbocycles. The summed E-state index contributed by atoms with van der Waals surface area (Å²) in [6, 6.07) is 6.51. The molecule has 0 saturated carbocycles. The molecule has 0 spiro atoms. The van der Waals surface area contributed by atoms with Gasteiger partial charge in [0.15, 0.2) is 0 Å². The molecule has 0 fully saturated rings. The van der Waals surface area contributed by atoms with Gasteiger partial charge in [0.1, 0.15) is 5.75 Å². The van der Waals surface area contributed by atoms with Crippen molar-refractivity contribution in [2.24, 2.45) is 0 Å². The van der Waals surface area contributed by atoms with Crippen LogP contribution >= 0.6 is 22.9 Å². The highest BCUT2D eigenvalue weighted by molar-refractivity contribution is 14.1. The summed E-state index contributed by atoms with van der Waals surface area (Å²) in [5.41, 5.74) is 2.98. The van der Waals surface area contributed by atoms with Gasteiger partial charge >= 0.3 is 0 Å². The molecule has 94 valence electrons. The number of rotatable bonds is 5. The summed E-state index contributed by atoms with van der Waals surface area (Å²) < 4.78 is 8.67. The maximum absolute atomic E-state index is 5.47. The van der Waals surface area contributed by atoms with Crippen molar-refractivity contribution in [2.45, 2.75) is 38.0 Å². The monoisotopic (exact) mass is 345 g/mol. The lowest BCUT2D eigenvalue weighted by molar-refractivity contribution is 0.401. The van der Waals surface area contributed by atoms with Gasteiger partial charge in [0.25, 0.3) is 0 Å². The van der Waals surface area contributed by atoms with Gasteiger partial charge in [-0.05, 0) is 55.2 Å². The van der Waals surface area contributed by atoms with E-state index in [0.717, 1.165) is 18.2 Å². The predicted octanol–water partition coefficient (Wildman–Crippen LogP) is 3.83. The third-order valence-corrected chi connectivity index (χ3v) is 4.17. The number of fused-ring (bicyclic) bond motifs is 1. The Kier molecular flexibility index (Phi) is 5.10. The Bertz CT molecular complexity index is 367. The zero-order valence-electron chi connectivity index (χ0n) is 10.3. The maximum Gasteiger partial charge on any atom is 0.122 e. The van der Waals surface area contributed by atoms with Crippen LogP contribution in [-0.4, -0.2) is 13.7 Å². The van der Waals surface area contributed by atoms with Crippen LogP contribution in [0.3, 0.4) is 0 Å². The molecule has 2 nitrogen and oxygen atoms in total. The van der Waals surface area contributed by atoms with E-state index in [1.54, 1.807) is 7.11 Å². The van der Waals surface area contributed by atoms with Gasteiger partial charge in [0, 0.05) is 29.4 Å². The Balaban J connectivity index is 2.13. The molecule has 1 aromatic rings. The average molecular weight is 345 g/mol. The van der Waals surface area contributed by atoms with Crippen LogP contribution in [0.15, 0.2) is 18.2 Å². The second kappa shape index (κ2) is 6.59. The minimum Gasteiger partial charge on any atom is -0.496 e. The van der Waals surface area contributed by atoms with E-state index < -0.39 is 0 Å². The highest BCUT2D eigenvalue weighted by Gasteiger charge is 2.21. The van der Waals surface area contributed by atoms with Crippen molar-refractivity contribution in [1.82, 2.24) is 3.53 Å². The summed E-state index contributed by atoms with van der Waals surface area (Å²) in [7, 11) is 1.78. The zero-order valence-corrected chi connectivity index (χ0v) is 12.5. The third kappa shape index (κ3) is 3.13. The number of methoxy groups -OCH3 is 1. The summed E-state index contributed by atoms with van der Waals surface area (Å²) in [6.07, 6.45) is 6.36. The molecule has 0 radical (unpaired) electrons. The first-order chi connectivity index (χ1) is 8.36. The van der Waals surface area contributed by atoms with Crippen molar-refractivity contribution in [2.75, 3.05) is 13.7 Å². The number of nitrogens with one attached hydrogen (secondary N) is 1. The van der Waals surface area contributed by atoms with Gasteiger partial charge < -0.3 is 4.74 Å². The first-order valence-electron chi connectivity index (χ1n) is 6.36. The number of ether oxygens (including phenoxy) is 1. The van der Waals surface area contributed by atoms with E-state index in [0.29, 0.717) is 0 Å². The third-order valence-electron chi connectivity index (χ3n) is 3.63. The molecule has 1 atom stereocenters. The Labute approximate surface area is 118 Å². The topological polar surface area (TPSA) is 21.3 Å². The zero-order chi connectivity index (χ0) is 12.1. The molecule has 1 N–H and O–H groups in total. The molecular weight excluding hydrogens is 325 g/mol. The van der Waals surface area contributed by atoms with E-state index >= 15 is 0 Å². The molecule has 3 heteroatoms. The lowest BCUT2D eigenvalue weighted by atomic mass is 9.80. The fourth-order valence-electron chi connectivity index (χ4n) is 2.82. The van der Waals surface area contributed by atoms with E-state index in [9.17, 15) is 0 Å². The number of hydrogen-bond donors (Lipinski definition) is 1. The molecule has 2 rings (SSSR count). The van der Waals surface area contributed by atoms with Crippen molar-refractivity contribution >= 4 is 22.9 Å². The van der Waals surface area contributed by atoms with Crippen molar-refractivity contribution in [1.29, 1.82) is 0 Å².